The van der Waals surface area contributed by atoms with Crippen LogP contribution in [0, 0.1) is 0 Å². The second kappa shape index (κ2) is 9.06. The molecule has 0 atom stereocenters. The van der Waals surface area contributed by atoms with Gasteiger partial charge in [0.1, 0.15) is 17.2 Å². The van der Waals surface area contributed by atoms with E-state index in [4.69, 9.17) is 14.6 Å². The van der Waals surface area contributed by atoms with Gasteiger partial charge in [0.15, 0.2) is 0 Å². The van der Waals surface area contributed by atoms with Crippen LogP contribution in [-0.4, -0.2) is 41.9 Å². The maximum Gasteiger partial charge on any atom is 0.257 e. The number of carbonyl (C=O) groups excluding carboxylic acids is 1. The zero-order valence-electron chi connectivity index (χ0n) is 17.6. The first-order chi connectivity index (χ1) is 15.1. The van der Waals surface area contributed by atoms with E-state index in [2.05, 4.69) is 0 Å². The average molecular weight is 434 g/mol. The fourth-order valence-electron chi connectivity index (χ4n) is 3.35. The highest BCUT2D eigenvalue weighted by molar-refractivity contribution is 7.09. The van der Waals surface area contributed by atoms with E-state index in [1.807, 2.05) is 60.0 Å². The number of ether oxygens (including phenoxy) is 2. The van der Waals surface area contributed by atoms with E-state index < -0.39 is 0 Å². The van der Waals surface area contributed by atoms with E-state index >= 15 is 0 Å². The van der Waals surface area contributed by atoms with Crippen molar-refractivity contribution in [1.29, 1.82) is 0 Å². The van der Waals surface area contributed by atoms with Gasteiger partial charge in [-0.05, 0) is 35.7 Å². The molecule has 0 N–H and O–H groups in total. The minimum absolute atomic E-state index is 0.108. The Bertz CT molecular complexity index is 1170. The molecule has 0 radical (unpaired) electrons. The summed E-state index contributed by atoms with van der Waals surface area (Å²) in [5, 5.41) is 6.77. The van der Waals surface area contributed by atoms with Gasteiger partial charge in [-0.1, -0.05) is 24.3 Å². The van der Waals surface area contributed by atoms with Crippen LogP contribution in [0.5, 0.6) is 11.5 Å². The molecule has 0 aliphatic carbocycles. The molecular weight excluding hydrogens is 410 g/mol. The summed E-state index contributed by atoms with van der Waals surface area (Å²) in [6.07, 6.45) is 1.78. The lowest BCUT2D eigenvalue weighted by Gasteiger charge is -2.16. The van der Waals surface area contributed by atoms with Crippen LogP contribution in [0.1, 0.15) is 15.2 Å². The van der Waals surface area contributed by atoms with Crippen molar-refractivity contribution in [2.75, 3.05) is 21.3 Å². The smallest absolute Gasteiger partial charge is 0.257 e. The van der Waals surface area contributed by atoms with Crippen molar-refractivity contribution >= 4 is 17.2 Å². The Balaban J connectivity index is 1.80. The summed E-state index contributed by atoms with van der Waals surface area (Å²) in [6.45, 7) is 0.534. The number of carbonyl (C=O) groups is 1. The summed E-state index contributed by atoms with van der Waals surface area (Å²) in [5.74, 6) is 1.15. The highest BCUT2D eigenvalue weighted by Gasteiger charge is 2.24. The lowest BCUT2D eigenvalue weighted by Crippen LogP contribution is -2.26. The number of hydrogen-bond acceptors (Lipinski definition) is 5. The molecule has 2 heterocycles. The molecule has 0 unspecified atom stereocenters. The Kier molecular flexibility index (Phi) is 6.04. The minimum atomic E-state index is -0.108. The predicted molar refractivity (Wildman–Crippen MR) is 122 cm³/mol. The number of methoxy groups -OCH3 is 2. The molecule has 31 heavy (non-hydrogen) atoms. The van der Waals surface area contributed by atoms with E-state index in [1.54, 1.807) is 54.4 Å². The van der Waals surface area contributed by atoms with Gasteiger partial charge in [-0.3, -0.25) is 4.79 Å². The third-order valence-electron chi connectivity index (χ3n) is 4.95. The van der Waals surface area contributed by atoms with Crippen LogP contribution in [0.2, 0.25) is 0 Å². The highest BCUT2D eigenvalue weighted by Crippen LogP contribution is 2.35. The summed E-state index contributed by atoms with van der Waals surface area (Å²) in [7, 11) is 5.00. The van der Waals surface area contributed by atoms with Crippen molar-refractivity contribution in [2.45, 2.75) is 6.54 Å². The molecule has 0 bridgehead atoms. The van der Waals surface area contributed by atoms with E-state index in [-0.39, 0.29) is 5.91 Å². The van der Waals surface area contributed by atoms with Crippen LogP contribution in [-0.2, 0) is 6.54 Å². The summed E-state index contributed by atoms with van der Waals surface area (Å²) >= 11 is 1.63. The molecule has 0 aliphatic rings. The molecule has 4 rings (SSSR count). The topological polar surface area (TPSA) is 56.6 Å². The van der Waals surface area contributed by atoms with Crippen molar-refractivity contribution in [3.63, 3.8) is 0 Å². The zero-order chi connectivity index (χ0) is 21.8. The molecule has 0 fully saturated rings. The van der Waals surface area contributed by atoms with Crippen LogP contribution < -0.4 is 9.47 Å². The molecule has 158 valence electrons. The Morgan fingerprint density at radius 2 is 1.87 bits per heavy atom. The second-order valence-electron chi connectivity index (χ2n) is 6.98. The third-order valence-corrected chi connectivity index (χ3v) is 5.81. The number of thiophene rings is 1. The van der Waals surface area contributed by atoms with Crippen LogP contribution in [0.3, 0.4) is 0 Å². The average Bonchev–Trinajstić information content (AvgIpc) is 3.48. The van der Waals surface area contributed by atoms with Gasteiger partial charge in [0.25, 0.3) is 5.91 Å². The van der Waals surface area contributed by atoms with Gasteiger partial charge in [-0.25, -0.2) is 4.68 Å². The summed E-state index contributed by atoms with van der Waals surface area (Å²) in [4.78, 5) is 16.3. The molecule has 7 heteroatoms. The van der Waals surface area contributed by atoms with Gasteiger partial charge in [0.05, 0.1) is 32.0 Å². The first-order valence-electron chi connectivity index (χ1n) is 9.76. The van der Waals surface area contributed by atoms with Crippen molar-refractivity contribution < 1.29 is 14.3 Å². The summed E-state index contributed by atoms with van der Waals surface area (Å²) in [6, 6.07) is 19.2. The predicted octanol–water partition coefficient (Wildman–Crippen LogP) is 4.89. The lowest BCUT2D eigenvalue weighted by atomic mass is 10.1. The van der Waals surface area contributed by atoms with Crippen LogP contribution in [0.15, 0.2) is 72.2 Å². The maximum atomic E-state index is 13.4. The molecule has 2 aromatic carbocycles. The monoisotopic (exact) mass is 433 g/mol. The molecule has 0 saturated heterocycles. The second-order valence-corrected chi connectivity index (χ2v) is 8.01. The Labute approximate surface area is 185 Å². The molecule has 0 spiro atoms. The Morgan fingerprint density at radius 1 is 1.06 bits per heavy atom. The van der Waals surface area contributed by atoms with Crippen molar-refractivity contribution in [2.24, 2.45) is 0 Å². The van der Waals surface area contributed by atoms with Gasteiger partial charge < -0.3 is 14.4 Å². The number of benzene rings is 2. The van der Waals surface area contributed by atoms with Crippen molar-refractivity contribution in [3.05, 3.63) is 82.7 Å². The normalized spacial score (nSPS) is 10.7. The van der Waals surface area contributed by atoms with E-state index in [9.17, 15) is 4.79 Å². The molecule has 0 saturated carbocycles. The van der Waals surface area contributed by atoms with Gasteiger partial charge in [0.2, 0.25) is 0 Å². The number of aromatic nitrogens is 2. The SMILES string of the molecule is COc1ccc(-c2nn(-c3ccccc3)cc2C(=O)N(C)Cc2cccs2)c(OC)c1. The number of hydrogen-bond donors (Lipinski definition) is 0. The molecule has 0 aliphatic heterocycles. The summed E-state index contributed by atoms with van der Waals surface area (Å²) < 4.78 is 12.6. The van der Waals surface area contributed by atoms with Crippen molar-refractivity contribution in [1.82, 2.24) is 14.7 Å². The minimum Gasteiger partial charge on any atom is -0.497 e. The van der Waals surface area contributed by atoms with Crippen LogP contribution >= 0.6 is 11.3 Å². The number of nitrogens with zero attached hydrogens (tertiary/aromatic N) is 3. The molecule has 4 aromatic rings. The largest absolute Gasteiger partial charge is 0.497 e. The van der Waals surface area contributed by atoms with E-state index in [0.29, 0.717) is 29.3 Å². The summed E-state index contributed by atoms with van der Waals surface area (Å²) in [5.41, 5.74) is 2.67. The molecule has 2 aromatic heterocycles. The quantitative estimate of drug-likeness (QED) is 0.416. The maximum absolute atomic E-state index is 13.4. The number of rotatable bonds is 7. The first kappa shape index (κ1) is 20.7. The molecule has 1 amide bonds. The fraction of sp³-hybridized carbons (Fsp3) is 0.167. The lowest BCUT2D eigenvalue weighted by molar-refractivity contribution is 0.0787. The molecule has 6 nitrogen and oxygen atoms in total. The van der Waals surface area contributed by atoms with Gasteiger partial charge in [-0.2, -0.15) is 5.10 Å². The fourth-order valence-corrected chi connectivity index (χ4v) is 4.11. The van der Waals surface area contributed by atoms with Crippen molar-refractivity contribution in [3.8, 4) is 28.4 Å². The Morgan fingerprint density at radius 3 is 2.55 bits per heavy atom. The molecular formula is C24H23N3O3S. The third kappa shape index (κ3) is 4.32. The van der Waals surface area contributed by atoms with Crippen LogP contribution in [0.25, 0.3) is 16.9 Å². The van der Waals surface area contributed by atoms with E-state index in [1.165, 1.54) is 0 Å². The van der Waals surface area contributed by atoms with Crippen LogP contribution in [0.4, 0.5) is 0 Å². The van der Waals surface area contributed by atoms with Gasteiger partial charge in [0, 0.05) is 29.8 Å². The van der Waals surface area contributed by atoms with Gasteiger partial charge in [-0.15, -0.1) is 11.3 Å². The van der Waals surface area contributed by atoms with Gasteiger partial charge >= 0.3 is 0 Å². The first-order valence-corrected chi connectivity index (χ1v) is 10.6. The zero-order valence-corrected chi connectivity index (χ0v) is 18.4. The highest BCUT2D eigenvalue weighted by atomic mass is 32.1. The Hall–Kier alpha value is -3.58. The number of amides is 1. The standard InChI is InChI=1S/C24H23N3O3S/c1-26(15-19-10-7-13-31-19)24(28)21-16-27(17-8-5-4-6-9-17)25-23(21)20-12-11-18(29-2)14-22(20)30-3/h4-14,16H,15H2,1-3H3. The van der Waals surface area contributed by atoms with E-state index in [0.717, 1.165) is 16.1 Å². The number of para-hydroxylation sites is 1.